The van der Waals surface area contributed by atoms with E-state index in [1.54, 1.807) is 0 Å². The molecule has 5 atom stereocenters. The lowest BCUT2D eigenvalue weighted by molar-refractivity contribution is -0.134. The largest absolute Gasteiger partial charge is 0.349 e. The summed E-state index contributed by atoms with van der Waals surface area (Å²) in [4.78, 5) is 39.3. The molecule has 1 unspecified atom stereocenters. The second-order valence-electron chi connectivity index (χ2n) is 10.3. The fraction of sp³-hybridized carbons (Fsp3) is 0.538. The molecule has 9 heteroatoms. The highest BCUT2D eigenvalue weighted by molar-refractivity contribution is 6.30. The normalized spacial score (nSPS) is 26.2. The standard InChI is InChI=1S/C26H33ClN6O2/c1-14(2)28-12-19(17-5-7-18(27)8-6-17)26(35)33-10-9-32(22-16(4)23(22)33)25-21-15(3)11-20(34)31-24(21)29-13-30-25/h5-8,13-16,19,22-23,28H,9-12H2,1-4H3,(H,29,30,31,34)/t15-,16+,19-,22-,23?/m1/s1. The minimum atomic E-state index is -0.267. The number of amides is 2. The summed E-state index contributed by atoms with van der Waals surface area (Å²) >= 11 is 6.11. The van der Waals surface area contributed by atoms with Gasteiger partial charge < -0.3 is 20.4 Å². The topological polar surface area (TPSA) is 90.5 Å². The second kappa shape index (κ2) is 9.39. The van der Waals surface area contributed by atoms with Gasteiger partial charge in [-0.3, -0.25) is 9.59 Å². The van der Waals surface area contributed by atoms with Crippen molar-refractivity contribution in [2.75, 3.05) is 29.9 Å². The molecule has 1 aromatic heterocycles. The molecular formula is C26H33ClN6O2. The molecule has 3 aliphatic rings. The van der Waals surface area contributed by atoms with Gasteiger partial charge in [0, 0.05) is 48.6 Å². The minimum absolute atomic E-state index is 0.00835. The maximum atomic E-state index is 13.9. The van der Waals surface area contributed by atoms with Crippen LogP contribution in [0.1, 0.15) is 57.1 Å². The van der Waals surface area contributed by atoms with Crippen molar-refractivity contribution in [1.29, 1.82) is 0 Å². The number of hydrogen-bond acceptors (Lipinski definition) is 6. The van der Waals surface area contributed by atoms with E-state index in [0.717, 1.165) is 16.9 Å². The Morgan fingerprint density at radius 1 is 1.17 bits per heavy atom. The molecule has 186 valence electrons. The van der Waals surface area contributed by atoms with Gasteiger partial charge in [-0.1, -0.05) is 51.4 Å². The number of fused-ring (bicyclic) bond motifs is 2. The molecule has 2 amide bonds. The predicted molar refractivity (Wildman–Crippen MR) is 137 cm³/mol. The van der Waals surface area contributed by atoms with E-state index in [9.17, 15) is 9.59 Å². The van der Waals surface area contributed by atoms with Crippen molar-refractivity contribution in [3.05, 3.63) is 46.7 Å². The number of anilines is 2. The quantitative estimate of drug-likeness (QED) is 0.637. The van der Waals surface area contributed by atoms with Crippen molar-refractivity contribution in [3.63, 3.8) is 0 Å². The zero-order valence-electron chi connectivity index (χ0n) is 20.7. The summed E-state index contributed by atoms with van der Waals surface area (Å²) in [5.74, 6) is 1.78. The van der Waals surface area contributed by atoms with Crippen LogP contribution in [0.5, 0.6) is 0 Å². The van der Waals surface area contributed by atoms with Crippen LogP contribution >= 0.6 is 11.6 Å². The first kappa shape index (κ1) is 24.0. The lowest BCUT2D eigenvalue weighted by Gasteiger charge is -2.38. The molecule has 1 aliphatic carbocycles. The number of carbonyl (C=O) groups is 2. The number of hydrogen-bond donors (Lipinski definition) is 2. The zero-order valence-corrected chi connectivity index (χ0v) is 21.4. The summed E-state index contributed by atoms with van der Waals surface area (Å²) < 4.78 is 0. The molecule has 2 aliphatic heterocycles. The fourth-order valence-corrected chi connectivity index (χ4v) is 5.83. The Bertz CT molecular complexity index is 1120. The van der Waals surface area contributed by atoms with E-state index in [-0.39, 0.29) is 41.8 Å². The molecule has 5 rings (SSSR count). The first-order chi connectivity index (χ1) is 16.8. The molecule has 0 spiro atoms. The maximum Gasteiger partial charge on any atom is 0.231 e. The summed E-state index contributed by atoms with van der Waals surface area (Å²) in [6, 6.07) is 8.26. The van der Waals surface area contributed by atoms with Gasteiger partial charge in [0.1, 0.15) is 18.0 Å². The van der Waals surface area contributed by atoms with E-state index < -0.39 is 0 Å². The number of nitrogens with one attached hydrogen (secondary N) is 2. The Balaban J connectivity index is 1.39. The van der Waals surface area contributed by atoms with Crippen molar-refractivity contribution in [3.8, 4) is 0 Å². The number of aromatic nitrogens is 2. The van der Waals surface area contributed by atoms with E-state index in [1.807, 2.05) is 24.3 Å². The van der Waals surface area contributed by atoms with Crippen LogP contribution in [0.3, 0.4) is 0 Å². The summed E-state index contributed by atoms with van der Waals surface area (Å²) in [5, 5.41) is 7.02. The third-order valence-electron chi connectivity index (χ3n) is 7.55. The summed E-state index contributed by atoms with van der Waals surface area (Å²) in [6.45, 7) is 10.4. The lowest BCUT2D eigenvalue weighted by atomic mass is 9.94. The smallest absolute Gasteiger partial charge is 0.231 e. The Labute approximate surface area is 211 Å². The fourth-order valence-electron chi connectivity index (χ4n) is 5.70. The molecule has 1 saturated heterocycles. The van der Waals surface area contributed by atoms with Crippen LogP contribution in [0.15, 0.2) is 30.6 Å². The molecule has 2 N–H and O–H groups in total. The number of halogens is 1. The first-order valence-corrected chi connectivity index (χ1v) is 12.8. The third kappa shape index (κ3) is 4.49. The molecular weight excluding hydrogens is 464 g/mol. The van der Waals surface area contributed by atoms with Gasteiger partial charge in [-0.05, 0) is 23.6 Å². The number of benzene rings is 1. The summed E-state index contributed by atoms with van der Waals surface area (Å²) in [5.41, 5.74) is 1.99. The van der Waals surface area contributed by atoms with E-state index in [1.165, 1.54) is 6.33 Å². The van der Waals surface area contributed by atoms with Crippen LogP contribution in [0.4, 0.5) is 11.6 Å². The van der Waals surface area contributed by atoms with E-state index in [4.69, 9.17) is 11.6 Å². The molecule has 1 saturated carbocycles. The molecule has 0 bridgehead atoms. The van der Waals surface area contributed by atoms with E-state index in [0.29, 0.717) is 42.8 Å². The van der Waals surface area contributed by atoms with Crippen molar-refractivity contribution >= 4 is 35.1 Å². The van der Waals surface area contributed by atoms with Crippen molar-refractivity contribution in [2.45, 2.75) is 64.1 Å². The number of rotatable bonds is 6. The molecule has 3 heterocycles. The van der Waals surface area contributed by atoms with Crippen LogP contribution < -0.4 is 15.5 Å². The lowest BCUT2D eigenvalue weighted by Crippen LogP contribution is -2.51. The average Bonchev–Trinajstić information content (AvgIpc) is 3.50. The van der Waals surface area contributed by atoms with Crippen molar-refractivity contribution in [1.82, 2.24) is 20.2 Å². The minimum Gasteiger partial charge on any atom is -0.349 e. The van der Waals surface area contributed by atoms with Gasteiger partial charge in [0.2, 0.25) is 11.8 Å². The molecule has 2 fully saturated rings. The van der Waals surface area contributed by atoms with Gasteiger partial charge in [0.05, 0.1) is 18.0 Å². The van der Waals surface area contributed by atoms with E-state index >= 15 is 0 Å². The van der Waals surface area contributed by atoms with Crippen molar-refractivity contribution in [2.24, 2.45) is 5.92 Å². The molecule has 0 radical (unpaired) electrons. The van der Waals surface area contributed by atoms with Crippen molar-refractivity contribution < 1.29 is 9.59 Å². The van der Waals surface area contributed by atoms with Gasteiger partial charge in [-0.15, -0.1) is 0 Å². The monoisotopic (exact) mass is 496 g/mol. The molecule has 8 nitrogen and oxygen atoms in total. The van der Waals surface area contributed by atoms with E-state index in [2.05, 4.69) is 58.1 Å². The highest BCUT2D eigenvalue weighted by atomic mass is 35.5. The average molecular weight is 497 g/mol. The maximum absolute atomic E-state index is 13.9. The number of nitrogens with zero attached hydrogens (tertiary/aromatic N) is 4. The Morgan fingerprint density at radius 3 is 2.63 bits per heavy atom. The van der Waals surface area contributed by atoms with Gasteiger partial charge in [0.15, 0.2) is 0 Å². The van der Waals surface area contributed by atoms with Gasteiger partial charge in [-0.25, -0.2) is 9.97 Å². The number of carbonyl (C=O) groups excluding carboxylic acids is 2. The van der Waals surface area contributed by atoms with Crippen LogP contribution in [-0.4, -0.2) is 64.4 Å². The predicted octanol–water partition coefficient (Wildman–Crippen LogP) is 3.39. The Morgan fingerprint density at radius 2 is 1.91 bits per heavy atom. The Hall–Kier alpha value is -2.71. The first-order valence-electron chi connectivity index (χ1n) is 12.5. The molecule has 2 aromatic rings. The summed E-state index contributed by atoms with van der Waals surface area (Å²) in [7, 11) is 0. The SMILES string of the molecule is CC(C)NC[C@@H](C(=O)N1CCN(c2ncnc3c2[C@H](C)CC(=O)N3)[C@H]2C1[C@H]2C)c1ccc(Cl)cc1. The molecule has 1 aromatic carbocycles. The zero-order chi connectivity index (χ0) is 24.9. The van der Waals surface area contributed by atoms with Gasteiger partial charge in [-0.2, -0.15) is 0 Å². The van der Waals surface area contributed by atoms with Gasteiger partial charge in [0.25, 0.3) is 0 Å². The van der Waals surface area contributed by atoms with Gasteiger partial charge >= 0.3 is 0 Å². The van der Waals surface area contributed by atoms with Crippen LogP contribution in [0, 0.1) is 5.92 Å². The highest BCUT2D eigenvalue weighted by Gasteiger charge is 2.59. The second-order valence-corrected chi connectivity index (χ2v) is 10.8. The van der Waals surface area contributed by atoms with Crippen LogP contribution in [-0.2, 0) is 9.59 Å². The third-order valence-corrected chi connectivity index (χ3v) is 7.80. The van der Waals surface area contributed by atoms with Crippen LogP contribution in [0.25, 0.3) is 0 Å². The number of piperazine rings is 1. The van der Waals surface area contributed by atoms with Crippen LogP contribution in [0.2, 0.25) is 5.02 Å². The summed E-state index contributed by atoms with van der Waals surface area (Å²) in [6.07, 6.45) is 1.96. The Kier molecular flexibility index (Phi) is 6.44. The molecule has 35 heavy (non-hydrogen) atoms. The highest BCUT2D eigenvalue weighted by Crippen LogP contribution is 2.48.